The van der Waals surface area contributed by atoms with Crippen LogP contribution in [0.5, 0.6) is 11.5 Å². The summed E-state index contributed by atoms with van der Waals surface area (Å²) in [5.74, 6) is 0.246. The lowest BCUT2D eigenvalue weighted by Crippen LogP contribution is -2.49. The van der Waals surface area contributed by atoms with Crippen molar-refractivity contribution >= 4 is 39.9 Å². The van der Waals surface area contributed by atoms with Gasteiger partial charge in [-0.15, -0.1) is 0 Å². The molecular formula is C24H25N3O5S. The van der Waals surface area contributed by atoms with Crippen LogP contribution < -0.4 is 25.6 Å². The zero-order valence-corrected chi connectivity index (χ0v) is 18.9. The zero-order valence-electron chi connectivity index (χ0n) is 18.1. The summed E-state index contributed by atoms with van der Waals surface area (Å²) in [7, 11) is 0. The van der Waals surface area contributed by atoms with E-state index in [0.717, 1.165) is 10.8 Å². The minimum absolute atomic E-state index is 0.0545. The van der Waals surface area contributed by atoms with E-state index >= 15 is 0 Å². The van der Waals surface area contributed by atoms with Crippen LogP contribution in [0, 0.1) is 0 Å². The third-order valence-electron chi connectivity index (χ3n) is 4.45. The van der Waals surface area contributed by atoms with Crippen molar-refractivity contribution in [2.45, 2.75) is 6.92 Å². The third kappa shape index (κ3) is 7.44. The van der Waals surface area contributed by atoms with Gasteiger partial charge in [-0.2, -0.15) is 0 Å². The number of hydrazine groups is 1. The van der Waals surface area contributed by atoms with Gasteiger partial charge >= 0.3 is 0 Å². The topological polar surface area (TPSA) is 97.9 Å². The van der Waals surface area contributed by atoms with Crippen molar-refractivity contribution in [3.63, 3.8) is 0 Å². The van der Waals surface area contributed by atoms with Crippen LogP contribution >= 0.6 is 12.2 Å². The van der Waals surface area contributed by atoms with E-state index in [1.807, 2.05) is 43.3 Å². The molecule has 0 aliphatic rings. The molecule has 8 nitrogen and oxygen atoms in total. The molecule has 0 saturated carbocycles. The van der Waals surface area contributed by atoms with E-state index in [1.54, 1.807) is 30.3 Å². The number of rotatable bonds is 9. The summed E-state index contributed by atoms with van der Waals surface area (Å²) in [4.78, 5) is 24.5. The van der Waals surface area contributed by atoms with Gasteiger partial charge in [-0.3, -0.25) is 25.8 Å². The number of benzene rings is 3. The molecule has 3 rings (SSSR count). The first-order valence-corrected chi connectivity index (χ1v) is 10.8. The number of carbonyl (C=O) groups excluding carboxylic acids is 2. The maximum Gasteiger partial charge on any atom is 0.276 e. The standard InChI is InChI=1S/C24H25N3O5S/c1-2-30-13-14-31-19-10-5-9-18(15-19)23(29)25-24(33)27-26-22(28)16-32-21-12-6-8-17-7-3-4-11-20(17)21/h3-12,15H,2,13-14,16H2,1H3,(H,26,28)(H2,25,27,29,33). The molecular weight excluding hydrogens is 442 g/mol. The Morgan fingerprint density at radius 2 is 1.70 bits per heavy atom. The van der Waals surface area contributed by atoms with Crippen LogP contribution in [-0.4, -0.2) is 43.4 Å². The molecule has 0 fully saturated rings. The molecule has 0 radical (unpaired) electrons. The Balaban J connectivity index is 1.43. The first kappa shape index (κ1) is 24.0. The Hall–Kier alpha value is -3.69. The summed E-state index contributed by atoms with van der Waals surface area (Å²) in [5, 5.41) is 4.37. The highest BCUT2D eigenvalue weighted by atomic mass is 32.1. The monoisotopic (exact) mass is 467 g/mol. The van der Waals surface area contributed by atoms with E-state index in [0.29, 0.717) is 36.9 Å². The summed E-state index contributed by atoms with van der Waals surface area (Å²) in [5.41, 5.74) is 5.25. The molecule has 9 heteroatoms. The van der Waals surface area contributed by atoms with Gasteiger partial charge in [-0.25, -0.2) is 0 Å². The van der Waals surface area contributed by atoms with Crippen molar-refractivity contribution in [2.24, 2.45) is 0 Å². The minimum Gasteiger partial charge on any atom is -0.491 e. The van der Waals surface area contributed by atoms with Crippen molar-refractivity contribution in [2.75, 3.05) is 26.4 Å². The van der Waals surface area contributed by atoms with Gasteiger partial charge in [0.2, 0.25) is 0 Å². The average Bonchev–Trinajstić information content (AvgIpc) is 2.84. The van der Waals surface area contributed by atoms with Gasteiger partial charge in [-0.1, -0.05) is 42.5 Å². The molecule has 0 aliphatic carbocycles. The van der Waals surface area contributed by atoms with Gasteiger partial charge in [0.15, 0.2) is 11.7 Å². The first-order valence-electron chi connectivity index (χ1n) is 10.4. The van der Waals surface area contributed by atoms with Gasteiger partial charge in [0.05, 0.1) is 6.61 Å². The molecule has 33 heavy (non-hydrogen) atoms. The molecule has 0 aliphatic heterocycles. The number of amides is 2. The van der Waals surface area contributed by atoms with Crippen LogP contribution in [0.3, 0.4) is 0 Å². The Labute approximate surface area is 197 Å². The molecule has 0 heterocycles. The number of fused-ring (bicyclic) bond motifs is 1. The summed E-state index contributed by atoms with van der Waals surface area (Å²) >= 11 is 5.08. The van der Waals surface area contributed by atoms with Gasteiger partial charge in [0, 0.05) is 17.6 Å². The largest absolute Gasteiger partial charge is 0.491 e. The highest BCUT2D eigenvalue weighted by Gasteiger charge is 2.10. The number of carbonyl (C=O) groups is 2. The van der Waals surface area contributed by atoms with E-state index in [9.17, 15) is 9.59 Å². The van der Waals surface area contributed by atoms with Crippen LogP contribution in [0.15, 0.2) is 66.7 Å². The summed E-state index contributed by atoms with van der Waals surface area (Å²) < 4.78 is 16.4. The molecule has 0 spiro atoms. The van der Waals surface area contributed by atoms with Gasteiger partial charge in [0.1, 0.15) is 18.1 Å². The van der Waals surface area contributed by atoms with Crippen LogP contribution in [0.1, 0.15) is 17.3 Å². The second-order valence-corrected chi connectivity index (χ2v) is 7.20. The van der Waals surface area contributed by atoms with Crippen LogP contribution in [0.4, 0.5) is 0 Å². The lowest BCUT2D eigenvalue weighted by atomic mass is 10.1. The predicted octanol–water partition coefficient (Wildman–Crippen LogP) is 2.97. The summed E-state index contributed by atoms with van der Waals surface area (Å²) in [6.45, 7) is 3.14. The van der Waals surface area contributed by atoms with E-state index in [-0.39, 0.29) is 11.7 Å². The Kier molecular flexibility index (Phi) is 8.98. The van der Waals surface area contributed by atoms with E-state index in [2.05, 4.69) is 16.2 Å². The molecule has 3 aromatic carbocycles. The molecule has 2 amide bonds. The van der Waals surface area contributed by atoms with Crippen molar-refractivity contribution in [3.8, 4) is 11.5 Å². The fourth-order valence-corrected chi connectivity index (χ4v) is 3.07. The predicted molar refractivity (Wildman–Crippen MR) is 129 cm³/mol. The lowest BCUT2D eigenvalue weighted by Gasteiger charge is -2.13. The Morgan fingerprint density at radius 1 is 0.909 bits per heavy atom. The average molecular weight is 468 g/mol. The van der Waals surface area contributed by atoms with Crippen molar-refractivity contribution in [1.82, 2.24) is 16.2 Å². The molecule has 3 N–H and O–H groups in total. The Morgan fingerprint density at radius 3 is 2.55 bits per heavy atom. The van der Waals surface area contributed by atoms with Crippen LogP contribution in [-0.2, 0) is 9.53 Å². The van der Waals surface area contributed by atoms with E-state index < -0.39 is 11.8 Å². The third-order valence-corrected chi connectivity index (χ3v) is 4.65. The van der Waals surface area contributed by atoms with E-state index in [1.165, 1.54) is 0 Å². The van der Waals surface area contributed by atoms with E-state index in [4.69, 9.17) is 26.4 Å². The maximum absolute atomic E-state index is 12.4. The normalized spacial score (nSPS) is 10.3. The molecule has 0 bridgehead atoms. The molecule has 172 valence electrons. The number of hydrogen-bond donors (Lipinski definition) is 3. The molecule has 0 aromatic heterocycles. The highest BCUT2D eigenvalue weighted by molar-refractivity contribution is 7.80. The highest BCUT2D eigenvalue weighted by Crippen LogP contribution is 2.24. The summed E-state index contributed by atoms with van der Waals surface area (Å²) in [6, 6.07) is 20.0. The second-order valence-electron chi connectivity index (χ2n) is 6.80. The molecule has 0 saturated heterocycles. The zero-order chi connectivity index (χ0) is 23.5. The SMILES string of the molecule is CCOCCOc1cccc(C(=O)NC(=S)NNC(=O)COc2cccc3ccccc23)c1. The van der Waals surface area contributed by atoms with Crippen LogP contribution in [0.2, 0.25) is 0 Å². The smallest absolute Gasteiger partial charge is 0.276 e. The van der Waals surface area contributed by atoms with Crippen LogP contribution in [0.25, 0.3) is 10.8 Å². The Bertz CT molecular complexity index is 1120. The van der Waals surface area contributed by atoms with Gasteiger partial charge in [-0.05, 0) is 48.8 Å². The van der Waals surface area contributed by atoms with Crippen molar-refractivity contribution < 1.29 is 23.8 Å². The summed E-state index contributed by atoms with van der Waals surface area (Å²) in [6.07, 6.45) is 0. The maximum atomic E-state index is 12.4. The number of ether oxygens (including phenoxy) is 3. The number of thiocarbonyl (C=S) groups is 1. The lowest BCUT2D eigenvalue weighted by molar-refractivity contribution is -0.123. The fourth-order valence-electron chi connectivity index (χ4n) is 2.92. The minimum atomic E-state index is -0.454. The quantitative estimate of drug-likeness (QED) is 0.253. The van der Waals surface area contributed by atoms with Crippen molar-refractivity contribution in [3.05, 3.63) is 72.3 Å². The fraction of sp³-hybridized carbons (Fsp3) is 0.208. The molecule has 3 aromatic rings. The molecule has 0 unspecified atom stereocenters. The van der Waals surface area contributed by atoms with Crippen molar-refractivity contribution in [1.29, 1.82) is 0 Å². The van der Waals surface area contributed by atoms with Gasteiger partial charge in [0.25, 0.3) is 11.8 Å². The number of hydrogen-bond acceptors (Lipinski definition) is 6. The molecule has 0 atom stereocenters. The number of nitrogens with one attached hydrogen (secondary N) is 3. The first-order chi connectivity index (χ1) is 16.1. The second kappa shape index (κ2) is 12.4. The van der Waals surface area contributed by atoms with Gasteiger partial charge < -0.3 is 14.2 Å².